The van der Waals surface area contributed by atoms with Crippen LogP contribution in [0, 0.1) is 25.5 Å². The molecule has 0 spiro atoms. The molecule has 2 aliphatic heterocycles. The number of nitrogens with one attached hydrogen (secondary N) is 1. The van der Waals surface area contributed by atoms with Gasteiger partial charge in [0.2, 0.25) is 0 Å². The van der Waals surface area contributed by atoms with E-state index in [4.69, 9.17) is 19.6 Å². The number of methoxy groups -OCH3 is 1. The lowest BCUT2D eigenvalue weighted by atomic mass is 9.98. The Bertz CT molecular complexity index is 1290. The van der Waals surface area contributed by atoms with Crippen molar-refractivity contribution in [1.82, 2.24) is 15.4 Å². The van der Waals surface area contributed by atoms with E-state index in [0.29, 0.717) is 23.3 Å². The van der Waals surface area contributed by atoms with Crippen LogP contribution in [0.4, 0.5) is 14.5 Å². The van der Waals surface area contributed by atoms with Crippen LogP contribution >= 0.6 is 11.3 Å². The normalized spacial score (nSPS) is 18.8. The minimum absolute atomic E-state index is 0.112. The van der Waals surface area contributed by atoms with Crippen LogP contribution in [0.5, 0.6) is 0 Å². The third-order valence-corrected chi connectivity index (χ3v) is 7.58. The maximum absolute atomic E-state index is 14.1. The number of thiazole rings is 1. The number of ether oxygens (including phenoxy) is 1. The number of hydrogen-bond acceptors (Lipinski definition) is 6. The topological polar surface area (TPSA) is 59.0 Å². The molecule has 0 aliphatic carbocycles. The summed E-state index contributed by atoms with van der Waals surface area (Å²) in [7, 11) is 1.66. The van der Waals surface area contributed by atoms with E-state index in [1.165, 1.54) is 18.2 Å². The first-order chi connectivity index (χ1) is 17.4. The molecule has 0 saturated carbocycles. The minimum Gasteiger partial charge on any atom is -0.468 e. The van der Waals surface area contributed by atoms with Gasteiger partial charge in [0, 0.05) is 24.4 Å². The Hall–Kier alpha value is -3.30. The molecule has 1 fully saturated rings. The van der Waals surface area contributed by atoms with Crippen molar-refractivity contribution in [3.63, 3.8) is 0 Å². The summed E-state index contributed by atoms with van der Waals surface area (Å²) in [5.41, 5.74) is 7.20. The van der Waals surface area contributed by atoms with Gasteiger partial charge in [-0.2, -0.15) is 4.99 Å². The summed E-state index contributed by atoms with van der Waals surface area (Å²) >= 11 is 1.59. The van der Waals surface area contributed by atoms with Crippen LogP contribution < -0.4 is 5.48 Å². The summed E-state index contributed by atoms with van der Waals surface area (Å²) in [6.45, 7) is 5.73. The van der Waals surface area contributed by atoms with E-state index in [-0.39, 0.29) is 5.56 Å². The zero-order valence-corrected chi connectivity index (χ0v) is 21.2. The molecule has 0 radical (unpaired) electrons. The Morgan fingerprint density at radius 3 is 2.64 bits per heavy atom. The van der Waals surface area contributed by atoms with Crippen LogP contribution in [-0.2, 0) is 9.57 Å². The van der Waals surface area contributed by atoms with Gasteiger partial charge in [-0.3, -0.25) is 10.3 Å². The van der Waals surface area contributed by atoms with Crippen molar-refractivity contribution < 1.29 is 18.4 Å². The Labute approximate surface area is 213 Å². The first-order valence-corrected chi connectivity index (χ1v) is 12.8. The Morgan fingerprint density at radius 1 is 1.17 bits per heavy atom. The van der Waals surface area contributed by atoms with E-state index in [9.17, 15) is 8.78 Å². The van der Waals surface area contributed by atoms with Gasteiger partial charge in [0.1, 0.15) is 17.7 Å². The Morgan fingerprint density at radius 2 is 1.92 bits per heavy atom. The van der Waals surface area contributed by atoms with Crippen LogP contribution in [-0.4, -0.2) is 36.1 Å². The van der Waals surface area contributed by atoms with Crippen LogP contribution in [0.15, 0.2) is 52.8 Å². The molecule has 1 atom stereocenters. The van der Waals surface area contributed by atoms with E-state index in [0.717, 1.165) is 47.8 Å². The van der Waals surface area contributed by atoms with Gasteiger partial charge in [0.15, 0.2) is 0 Å². The lowest BCUT2D eigenvalue weighted by Crippen LogP contribution is -2.38. The number of benzene rings is 2. The van der Waals surface area contributed by atoms with Crippen molar-refractivity contribution in [3.8, 4) is 0 Å². The van der Waals surface area contributed by atoms with Crippen LogP contribution in [0.1, 0.15) is 52.3 Å². The number of aromatic nitrogens is 1. The molecular formula is C27H28F2N4O2S. The molecule has 0 amide bonds. The van der Waals surface area contributed by atoms with Gasteiger partial charge in [0.25, 0.3) is 6.02 Å². The fourth-order valence-electron chi connectivity index (χ4n) is 4.51. The number of halogens is 2. The van der Waals surface area contributed by atoms with Crippen molar-refractivity contribution in [2.24, 2.45) is 4.99 Å². The summed E-state index contributed by atoms with van der Waals surface area (Å²) in [6, 6.07) is 10.6. The second-order valence-corrected chi connectivity index (χ2v) is 9.97. The molecule has 6 nitrogen and oxygen atoms in total. The van der Waals surface area contributed by atoms with Gasteiger partial charge in [0.05, 0.1) is 34.8 Å². The SMILES string of the molecule is COC(=Nc1cc(C)ccc1C)N1CCC(c2nc(C3=CC(c4c(F)cccc4F)ON3)cs2)CC1. The standard InChI is InChI=1S/C27H28F2N4O2S/c1-16-7-8-17(2)21(13-16)31-27(34-3)33-11-9-18(10-12-33)26-30-23(15-36-26)22-14-24(35-32-22)25-19(28)5-4-6-20(25)29/h4-8,13-15,18,24,32H,9-12H2,1-3H3. The van der Waals surface area contributed by atoms with Gasteiger partial charge >= 0.3 is 0 Å². The smallest absolute Gasteiger partial charge is 0.292 e. The number of rotatable bonds is 4. The maximum atomic E-state index is 14.1. The molecule has 2 aliphatic rings. The van der Waals surface area contributed by atoms with E-state index < -0.39 is 17.7 Å². The zero-order valence-electron chi connectivity index (χ0n) is 20.4. The predicted octanol–water partition coefficient (Wildman–Crippen LogP) is 6.17. The van der Waals surface area contributed by atoms with Crippen molar-refractivity contribution in [2.75, 3.05) is 20.2 Å². The molecule has 1 saturated heterocycles. The van der Waals surface area contributed by atoms with Crippen molar-refractivity contribution >= 4 is 28.7 Å². The average Bonchev–Trinajstić information content (AvgIpc) is 3.55. The molecule has 2 aromatic carbocycles. The molecule has 36 heavy (non-hydrogen) atoms. The highest BCUT2D eigenvalue weighted by molar-refractivity contribution is 7.09. The highest BCUT2D eigenvalue weighted by Crippen LogP contribution is 2.35. The van der Waals surface area contributed by atoms with E-state index >= 15 is 0 Å². The first kappa shape index (κ1) is 24.4. The molecule has 9 heteroatoms. The van der Waals surface area contributed by atoms with E-state index in [1.807, 2.05) is 12.3 Å². The monoisotopic (exact) mass is 510 g/mol. The molecule has 188 valence electrons. The molecular weight excluding hydrogens is 482 g/mol. The summed E-state index contributed by atoms with van der Waals surface area (Å²) < 4.78 is 33.9. The van der Waals surface area contributed by atoms with Gasteiger partial charge in [-0.1, -0.05) is 18.2 Å². The lowest BCUT2D eigenvalue weighted by Gasteiger charge is -2.32. The number of aryl methyl sites for hydroxylation is 2. The van der Waals surface area contributed by atoms with Crippen LogP contribution in [0.25, 0.3) is 5.70 Å². The van der Waals surface area contributed by atoms with Gasteiger partial charge in [-0.15, -0.1) is 11.3 Å². The molecule has 3 heterocycles. The summed E-state index contributed by atoms with van der Waals surface area (Å²) in [6.07, 6.45) is 2.67. The second-order valence-electron chi connectivity index (χ2n) is 9.08. The number of aliphatic imine (C=N–C) groups is 1. The fourth-order valence-corrected chi connectivity index (χ4v) is 5.51. The number of likely N-dealkylation sites (tertiary alicyclic amines) is 1. The minimum atomic E-state index is -0.849. The Balaban J connectivity index is 1.25. The number of nitrogens with zero attached hydrogens (tertiary/aromatic N) is 3. The van der Waals surface area contributed by atoms with Gasteiger partial charge in [-0.05, 0) is 62.1 Å². The van der Waals surface area contributed by atoms with Crippen molar-refractivity contribution in [3.05, 3.63) is 86.9 Å². The number of hydrogen-bond donors (Lipinski definition) is 1. The maximum Gasteiger partial charge on any atom is 0.292 e. The highest BCUT2D eigenvalue weighted by Gasteiger charge is 2.29. The summed E-state index contributed by atoms with van der Waals surface area (Å²) in [5, 5.41) is 2.99. The van der Waals surface area contributed by atoms with Gasteiger partial charge in [-0.25, -0.2) is 13.8 Å². The third-order valence-electron chi connectivity index (χ3n) is 6.57. The first-order valence-electron chi connectivity index (χ1n) is 11.9. The van der Waals surface area contributed by atoms with Crippen LogP contribution in [0.2, 0.25) is 0 Å². The zero-order chi connectivity index (χ0) is 25.2. The fraction of sp³-hybridized carbons (Fsp3) is 0.333. The molecule has 5 rings (SSSR count). The molecule has 1 unspecified atom stereocenters. The molecule has 1 aromatic heterocycles. The molecule has 0 bridgehead atoms. The number of amidine groups is 1. The number of piperidine rings is 1. The van der Waals surface area contributed by atoms with Crippen molar-refractivity contribution in [2.45, 2.75) is 38.7 Å². The van der Waals surface area contributed by atoms with Gasteiger partial charge < -0.3 is 9.64 Å². The largest absolute Gasteiger partial charge is 0.468 e. The van der Waals surface area contributed by atoms with Crippen molar-refractivity contribution in [1.29, 1.82) is 0 Å². The Kier molecular flexibility index (Phi) is 7.02. The van der Waals surface area contributed by atoms with E-state index in [1.54, 1.807) is 24.5 Å². The average molecular weight is 511 g/mol. The summed E-state index contributed by atoms with van der Waals surface area (Å²) in [4.78, 5) is 17.2. The van der Waals surface area contributed by atoms with E-state index in [2.05, 4.69) is 35.5 Å². The quantitative estimate of drug-likeness (QED) is 0.336. The second kappa shape index (κ2) is 10.4. The molecule has 1 N–H and O–H groups in total. The lowest BCUT2D eigenvalue weighted by molar-refractivity contribution is 0.0468. The summed E-state index contributed by atoms with van der Waals surface area (Å²) in [5.74, 6) is -0.954. The van der Waals surface area contributed by atoms with Crippen LogP contribution in [0.3, 0.4) is 0 Å². The third kappa shape index (κ3) is 4.99. The predicted molar refractivity (Wildman–Crippen MR) is 137 cm³/mol. The molecule has 3 aromatic rings. The highest BCUT2D eigenvalue weighted by atomic mass is 32.1. The number of hydroxylamine groups is 1.